The van der Waals surface area contributed by atoms with Gasteiger partial charge in [-0.25, -0.2) is 4.79 Å². The fraction of sp³-hybridized carbons (Fsp3) is 0.576. The van der Waals surface area contributed by atoms with Gasteiger partial charge in [0.1, 0.15) is 35.1 Å². The number of unbranched alkanes of at least 4 members (excludes halogenated alkanes) is 19. The van der Waals surface area contributed by atoms with E-state index in [1.807, 2.05) is 78.9 Å². The molecule has 2 amide bonds. The first kappa shape index (κ1) is 58.3. The Balaban J connectivity index is 1.29. The van der Waals surface area contributed by atoms with Crippen molar-refractivity contribution >= 4 is 23.6 Å². The van der Waals surface area contributed by atoms with Crippen LogP contribution in [0.3, 0.4) is 0 Å². The Bertz CT molecular complexity index is 2210. The van der Waals surface area contributed by atoms with Gasteiger partial charge in [-0.2, -0.15) is 4.98 Å². The highest BCUT2D eigenvalue weighted by Gasteiger charge is 2.51. The second kappa shape index (κ2) is 32.6. The molecule has 1 aliphatic rings. The average molecular weight is 1010 g/mol. The van der Waals surface area contributed by atoms with Crippen molar-refractivity contribution in [3.05, 3.63) is 118 Å². The van der Waals surface area contributed by atoms with Crippen molar-refractivity contribution in [2.24, 2.45) is 0 Å². The van der Waals surface area contributed by atoms with Crippen LogP contribution in [0.1, 0.15) is 178 Å². The zero-order valence-corrected chi connectivity index (χ0v) is 44.4. The summed E-state index contributed by atoms with van der Waals surface area (Å²) in [5.74, 6) is 0.0751. The second-order valence-electron chi connectivity index (χ2n) is 19.2. The molecule has 1 aliphatic heterocycles. The average Bonchev–Trinajstić information content (AvgIpc) is 3.74. The van der Waals surface area contributed by atoms with Gasteiger partial charge in [0.05, 0.1) is 27.2 Å². The lowest BCUT2D eigenvalue weighted by Crippen LogP contribution is -2.43. The molecule has 2 N–H and O–H groups in total. The van der Waals surface area contributed by atoms with Gasteiger partial charge in [-0.15, -0.1) is 0 Å². The van der Waals surface area contributed by atoms with Crippen LogP contribution in [0.15, 0.2) is 95.9 Å². The van der Waals surface area contributed by atoms with Crippen LogP contribution in [0, 0.1) is 0 Å². The fourth-order valence-corrected chi connectivity index (χ4v) is 9.65. The standard InChI is InChI=1S/C59H84N4O10/c1-6-7-8-9-10-11-12-13-14-15-16-17-18-19-20-21-22-23-24-28-43-70-56-55(73-54(66)40-39-53(65)60-3)51(72-57(56)63-42-41-52(61-45(2)64)62-58(63)67)44-71-59(46-29-26-25-27-30-46,47-31-35-49(68-4)36-32-47)48-33-37-50(69-5)38-34-48/h25-27,29-38,41-42,51,55-57H,6-24,28,39-40,43-44H2,1-5H3,(H,60,65)(H,61,62,64,67)/t51-,55?,56+,57-/m1/s1. The van der Waals surface area contributed by atoms with E-state index in [1.165, 1.54) is 134 Å². The summed E-state index contributed by atoms with van der Waals surface area (Å²) in [6.07, 6.45) is 22.5. The van der Waals surface area contributed by atoms with Crippen LogP contribution in [0.4, 0.5) is 5.82 Å². The van der Waals surface area contributed by atoms with Gasteiger partial charge in [0, 0.05) is 33.2 Å². The Morgan fingerprint density at radius 2 is 1.14 bits per heavy atom. The van der Waals surface area contributed by atoms with E-state index in [-0.39, 0.29) is 37.1 Å². The van der Waals surface area contributed by atoms with Gasteiger partial charge in [0.2, 0.25) is 11.8 Å². The monoisotopic (exact) mass is 1010 g/mol. The van der Waals surface area contributed by atoms with Crippen molar-refractivity contribution < 1.29 is 42.8 Å². The first-order valence-corrected chi connectivity index (χ1v) is 27.2. The van der Waals surface area contributed by atoms with E-state index >= 15 is 0 Å². The molecule has 1 aromatic heterocycles. The molecule has 0 saturated carbocycles. The summed E-state index contributed by atoms with van der Waals surface area (Å²) in [5.41, 5.74) is 0.403. The Labute approximate surface area is 434 Å². The molecule has 400 valence electrons. The van der Waals surface area contributed by atoms with Crippen LogP contribution in [-0.2, 0) is 38.9 Å². The highest BCUT2D eigenvalue weighted by molar-refractivity contribution is 5.87. The molecule has 0 spiro atoms. The Morgan fingerprint density at radius 3 is 1.60 bits per heavy atom. The predicted octanol–water partition coefficient (Wildman–Crippen LogP) is 11.8. The van der Waals surface area contributed by atoms with Crippen molar-refractivity contribution in [2.75, 3.05) is 39.8 Å². The Kier molecular flexibility index (Phi) is 26.0. The molecule has 3 aromatic carbocycles. The number of amides is 2. The molecule has 0 bridgehead atoms. The van der Waals surface area contributed by atoms with E-state index in [9.17, 15) is 19.2 Å². The van der Waals surface area contributed by atoms with Crippen LogP contribution in [-0.4, -0.2) is 80.1 Å². The number of esters is 1. The van der Waals surface area contributed by atoms with E-state index in [2.05, 4.69) is 22.5 Å². The molecule has 5 rings (SSSR count). The molecule has 14 nitrogen and oxygen atoms in total. The number of ether oxygens (including phenoxy) is 6. The minimum absolute atomic E-state index is 0.0808. The number of nitrogens with zero attached hydrogens (tertiary/aromatic N) is 2. The summed E-state index contributed by atoms with van der Waals surface area (Å²) in [7, 11) is 4.73. The highest BCUT2D eigenvalue weighted by atomic mass is 16.6. The van der Waals surface area contributed by atoms with Crippen LogP contribution in [0.5, 0.6) is 11.5 Å². The number of carbonyl (C=O) groups is 3. The van der Waals surface area contributed by atoms with Gasteiger partial charge in [0.15, 0.2) is 12.3 Å². The molecule has 1 saturated heterocycles. The molecule has 0 aliphatic carbocycles. The maximum Gasteiger partial charge on any atom is 0.351 e. The summed E-state index contributed by atoms with van der Waals surface area (Å²) >= 11 is 0. The molecule has 1 fully saturated rings. The van der Waals surface area contributed by atoms with Gasteiger partial charge in [-0.3, -0.25) is 19.0 Å². The van der Waals surface area contributed by atoms with Crippen LogP contribution < -0.4 is 25.8 Å². The van der Waals surface area contributed by atoms with Gasteiger partial charge < -0.3 is 39.1 Å². The lowest BCUT2D eigenvalue weighted by molar-refractivity contribution is -0.161. The zero-order chi connectivity index (χ0) is 52.1. The quantitative estimate of drug-likeness (QED) is 0.0253. The number of aromatic nitrogens is 2. The van der Waals surface area contributed by atoms with Gasteiger partial charge >= 0.3 is 11.7 Å². The largest absolute Gasteiger partial charge is 0.497 e. The lowest BCUT2D eigenvalue weighted by atomic mass is 9.80. The minimum Gasteiger partial charge on any atom is -0.497 e. The molecule has 2 heterocycles. The van der Waals surface area contributed by atoms with Crippen molar-refractivity contribution in [3.63, 3.8) is 0 Å². The molecule has 14 heteroatoms. The van der Waals surface area contributed by atoms with Crippen LogP contribution in [0.25, 0.3) is 0 Å². The van der Waals surface area contributed by atoms with E-state index in [0.29, 0.717) is 18.1 Å². The first-order chi connectivity index (χ1) is 35.6. The summed E-state index contributed by atoms with van der Waals surface area (Å²) in [5, 5.41) is 5.12. The number of benzene rings is 3. The van der Waals surface area contributed by atoms with E-state index in [0.717, 1.165) is 42.4 Å². The third-order valence-corrected chi connectivity index (χ3v) is 13.7. The van der Waals surface area contributed by atoms with Gasteiger partial charge in [-0.1, -0.05) is 184 Å². The normalized spacial score (nSPS) is 16.5. The number of carbonyl (C=O) groups excluding carboxylic acids is 3. The van der Waals surface area contributed by atoms with Gasteiger partial charge in [0.25, 0.3) is 0 Å². The summed E-state index contributed by atoms with van der Waals surface area (Å²) < 4.78 is 39.3. The number of hydrogen-bond acceptors (Lipinski definition) is 11. The van der Waals surface area contributed by atoms with Crippen molar-refractivity contribution in [1.82, 2.24) is 14.9 Å². The maximum atomic E-state index is 13.8. The fourth-order valence-electron chi connectivity index (χ4n) is 9.65. The topological polar surface area (TPSA) is 166 Å². The molecule has 73 heavy (non-hydrogen) atoms. The molecule has 4 atom stereocenters. The number of rotatable bonds is 36. The third kappa shape index (κ3) is 18.7. The van der Waals surface area contributed by atoms with Crippen LogP contribution in [0.2, 0.25) is 0 Å². The SMILES string of the molecule is CCCCCCCCCCCCCCCCCCCCCCO[C@H]1C(OC(=O)CCC(=O)NC)[C@@H](COC(c2ccccc2)(c2ccc(OC)cc2)c2ccc(OC)cc2)O[C@H]1n1ccc(NC(C)=O)nc1=O. The molecular weight excluding hydrogens is 925 g/mol. The summed E-state index contributed by atoms with van der Waals surface area (Å²) in [4.78, 5) is 55.8. The highest BCUT2D eigenvalue weighted by Crippen LogP contribution is 2.43. The lowest BCUT2D eigenvalue weighted by Gasteiger charge is -2.37. The number of nitrogens with one attached hydrogen (secondary N) is 2. The molecular formula is C59H84N4O10. The Morgan fingerprint density at radius 1 is 0.644 bits per heavy atom. The smallest absolute Gasteiger partial charge is 0.351 e. The van der Waals surface area contributed by atoms with E-state index in [1.54, 1.807) is 14.2 Å². The second-order valence-corrected chi connectivity index (χ2v) is 19.2. The predicted molar refractivity (Wildman–Crippen MR) is 286 cm³/mol. The van der Waals surface area contributed by atoms with Crippen molar-refractivity contribution in [1.29, 1.82) is 0 Å². The number of methoxy groups -OCH3 is 2. The van der Waals surface area contributed by atoms with Crippen molar-refractivity contribution in [2.45, 2.75) is 185 Å². The summed E-state index contributed by atoms with van der Waals surface area (Å²) in [6.45, 7) is 3.76. The molecule has 4 aromatic rings. The summed E-state index contributed by atoms with van der Waals surface area (Å²) in [6, 6.07) is 26.5. The molecule has 0 radical (unpaired) electrons. The maximum absolute atomic E-state index is 13.8. The number of hydrogen-bond donors (Lipinski definition) is 2. The van der Waals surface area contributed by atoms with Gasteiger partial charge in [-0.05, 0) is 53.4 Å². The first-order valence-electron chi connectivity index (χ1n) is 27.2. The van der Waals surface area contributed by atoms with Crippen LogP contribution >= 0.6 is 0 Å². The molecule has 1 unspecified atom stereocenters. The third-order valence-electron chi connectivity index (χ3n) is 13.7. The number of anilines is 1. The zero-order valence-electron chi connectivity index (χ0n) is 44.4. The Hall–Kier alpha value is -5.57. The van der Waals surface area contributed by atoms with E-state index in [4.69, 9.17) is 28.4 Å². The van der Waals surface area contributed by atoms with E-state index < -0.39 is 41.8 Å². The minimum atomic E-state index is -1.25. The van der Waals surface area contributed by atoms with Crippen molar-refractivity contribution in [3.8, 4) is 11.5 Å².